The lowest BCUT2D eigenvalue weighted by atomic mass is 10.1. The minimum atomic E-state index is -0.439. The van der Waals surface area contributed by atoms with Gasteiger partial charge < -0.3 is 14.5 Å². The molecule has 0 radical (unpaired) electrons. The van der Waals surface area contributed by atoms with Crippen molar-refractivity contribution in [1.82, 2.24) is 0 Å². The summed E-state index contributed by atoms with van der Waals surface area (Å²) in [5, 5.41) is 11.8. The van der Waals surface area contributed by atoms with Crippen molar-refractivity contribution in [3.63, 3.8) is 0 Å². The Labute approximate surface area is 137 Å². The lowest BCUT2D eigenvalue weighted by molar-refractivity contribution is 0.102. The molecule has 0 atom stereocenters. The standard InChI is InChI=1S/C17H13ClN2O3/c1-22-14-7-2-4-10-8-13(16(19)23-15(10)14)17(21)20-12-6-3-5-11(18)9-12/h2-9,19H,1H3,(H,20,21). The monoisotopic (exact) mass is 328 g/mol. The van der Waals surface area contributed by atoms with Gasteiger partial charge in [-0.15, -0.1) is 0 Å². The molecular formula is C17H13ClN2O3. The number of fused-ring (bicyclic) bond motifs is 1. The Balaban J connectivity index is 2.01. The number of benzene rings is 2. The number of rotatable bonds is 3. The molecule has 0 saturated heterocycles. The van der Waals surface area contributed by atoms with Crippen LogP contribution in [0.4, 0.5) is 5.69 Å². The van der Waals surface area contributed by atoms with Crippen molar-refractivity contribution in [2.45, 2.75) is 0 Å². The highest BCUT2D eigenvalue weighted by atomic mass is 35.5. The van der Waals surface area contributed by atoms with Crippen LogP contribution in [0.1, 0.15) is 10.4 Å². The maximum absolute atomic E-state index is 12.4. The Bertz CT molecular complexity index is 950. The van der Waals surface area contributed by atoms with Crippen molar-refractivity contribution in [2.24, 2.45) is 0 Å². The van der Waals surface area contributed by atoms with Gasteiger partial charge in [-0.1, -0.05) is 29.8 Å². The molecule has 0 bridgehead atoms. The van der Waals surface area contributed by atoms with Gasteiger partial charge in [-0.25, -0.2) is 0 Å². The van der Waals surface area contributed by atoms with Crippen molar-refractivity contribution < 1.29 is 13.9 Å². The molecule has 3 aromatic rings. The van der Waals surface area contributed by atoms with Crippen LogP contribution in [0.5, 0.6) is 5.75 Å². The molecule has 3 rings (SSSR count). The number of hydrogen-bond donors (Lipinski definition) is 2. The van der Waals surface area contributed by atoms with Gasteiger partial charge >= 0.3 is 0 Å². The molecule has 0 fully saturated rings. The molecule has 1 heterocycles. The Morgan fingerprint density at radius 2 is 2.00 bits per heavy atom. The van der Waals surface area contributed by atoms with Gasteiger partial charge in [-0.05, 0) is 30.3 Å². The van der Waals surface area contributed by atoms with E-state index in [0.717, 1.165) is 0 Å². The number of nitrogens with one attached hydrogen (secondary N) is 2. The lowest BCUT2D eigenvalue weighted by Gasteiger charge is -2.08. The second kappa shape index (κ2) is 6.14. The number of amides is 1. The quantitative estimate of drug-likeness (QED) is 0.767. The number of anilines is 1. The summed E-state index contributed by atoms with van der Waals surface area (Å²) in [5.74, 6) is 0.0727. The van der Waals surface area contributed by atoms with E-state index in [1.165, 1.54) is 7.11 Å². The molecule has 0 aliphatic heterocycles. The predicted molar refractivity (Wildman–Crippen MR) is 88.0 cm³/mol. The highest BCUT2D eigenvalue weighted by molar-refractivity contribution is 6.31. The summed E-state index contributed by atoms with van der Waals surface area (Å²) < 4.78 is 10.7. The largest absolute Gasteiger partial charge is 0.493 e. The first-order valence-corrected chi connectivity index (χ1v) is 7.18. The summed E-state index contributed by atoms with van der Waals surface area (Å²) in [6.07, 6.45) is 0. The van der Waals surface area contributed by atoms with Crippen LogP contribution in [-0.2, 0) is 0 Å². The number of carbonyl (C=O) groups excluding carboxylic acids is 1. The van der Waals surface area contributed by atoms with E-state index in [-0.39, 0.29) is 11.1 Å². The average molecular weight is 329 g/mol. The van der Waals surface area contributed by atoms with Crippen LogP contribution in [0.3, 0.4) is 0 Å². The van der Waals surface area contributed by atoms with Gasteiger partial charge in [0.1, 0.15) is 5.56 Å². The van der Waals surface area contributed by atoms with Crippen LogP contribution in [0, 0.1) is 5.41 Å². The van der Waals surface area contributed by atoms with Crippen LogP contribution >= 0.6 is 11.6 Å². The molecule has 0 aliphatic rings. The van der Waals surface area contributed by atoms with Crippen LogP contribution in [-0.4, -0.2) is 13.0 Å². The molecular weight excluding hydrogens is 316 g/mol. The number of carbonyl (C=O) groups is 1. The first-order chi connectivity index (χ1) is 11.1. The van der Waals surface area contributed by atoms with Gasteiger partial charge in [0, 0.05) is 16.1 Å². The highest BCUT2D eigenvalue weighted by Crippen LogP contribution is 2.24. The van der Waals surface area contributed by atoms with E-state index in [2.05, 4.69) is 5.32 Å². The third-order valence-corrected chi connectivity index (χ3v) is 3.54. The molecule has 1 aromatic heterocycles. The van der Waals surface area contributed by atoms with Crippen LogP contribution in [0.2, 0.25) is 5.02 Å². The zero-order chi connectivity index (χ0) is 16.4. The van der Waals surface area contributed by atoms with Gasteiger partial charge in [0.25, 0.3) is 5.91 Å². The Kier molecular flexibility index (Phi) is 4.04. The zero-order valence-electron chi connectivity index (χ0n) is 12.2. The van der Waals surface area contributed by atoms with Crippen LogP contribution < -0.4 is 15.6 Å². The maximum Gasteiger partial charge on any atom is 0.261 e. The smallest absolute Gasteiger partial charge is 0.261 e. The highest BCUT2D eigenvalue weighted by Gasteiger charge is 2.14. The number of para-hydroxylation sites is 1. The minimum Gasteiger partial charge on any atom is -0.493 e. The topological polar surface area (TPSA) is 75.3 Å². The molecule has 0 spiro atoms. The fourth-order valence-electron chi connectivity index (χ4n) is 2.23. The number of ether oxygens (including phenoxy) is 1. The van der Waals surface area contributed by atoms with Crippen molar-refractivity contribution in [2.75, 3.05) is 12.4 Å². The second-order valence-corrected chi connectivity index (χ2v) is 5.27. The SMILES string of the molecule is COc1cccc2cc(C(=O)Nc3cccc(Cl)c3)c(=N)oc12. The van der Waals surface area contributed by atoms with Crippen molar-refractivity contribution in [3.05, 3.63) is 64.7 Å². The van der Waals surface area contributed by atoms with Gasteiger partial charge in [-0.3, -0.25) is 10.2 Å². The molecule has 2 N–H and O–H groups in total. The average Bonchev–Trinajstić information content (AvgIpc) is 2.53. The number of hydrogen-bond acceptors (Lipinski definition) is 4. The van der Waals surface area contributed by atoms with Crippen LogP contribution in [0.25, 0.3) is 11.0 Å². The molecule has 0 saturated carbocycles. The summed E-state index contributed by atoms with van der Waals surface area (Å²) >= 11 is 5.90. The summed E-state index contributed by atoms with van der Waals surface area (Å²) in [7, 11) is 1.52. The molecule has 0 aliphatic carbocycles. The Hall–Kier alpha value is -2.79. The third kappa shape index (κ3) is 3.05. The zero-order valence-corrected chi connectivity index (χ0v) is 13.0. The fraction of sp³-hybridized carbons (Fsp3) is 0.0588. The van der Waals surface area contributed by atoms with Gasteiger partial charge in [0.15, 0.2) is 11.3 Å². The van der Waals surface area contributed by atoms with Crippen molar-refractivity contribution in [3.8, 4) is 5.75 Å². The molecule has 116 valence electrons. The van der Waals surface area contributed by atoms with E-state index < -0.39 is 5.91 Å². The van der Waals surface area contributed by atoms with E-state index in [1.54, 1.807) is 48.5 Å². The van der Waals surface area contributed by atoms with E-state index in [1.807, 2.05) is 0 Å². The lowest BCUT2D eigenvalue weighted by Crippen LogP contribution is -2.20. The van der Waals surface area contributed by atoms with Gasteiger partial charge in [-0.2, -0.15) is 0 Å². The normalized spacial score (nSPS) is 10.5. The Morgan fingerprint density at radius 1 is 1.22 bits per heavy atom. The summed E-state index contributed by atoms with van der Waals surface area (Å²) in [6.45, 7) is 0. The first-order valence-electron chi connectivity index (χ1n) is 6.81. The summed E-state index contributed by atoms with van der Waals surface area (Å²) in [5.41, 5.74) is 0.874. The molecule has 5 nitrogen and oxygen atoms in total. The van der Waals surface area contributed by atoms with Crippen LogP contribution in [0.15, 0.2) is 52.9 Å². The van der Waals surface area contributed by atoms with E-state index >= 15 is 0 Å². The molecule has 1 amide bonds. The Morgan fingerprint density at radius 3 is 2.74 bits per heavy atom. The third-order valence-electron chi connectivity index (χ3n) is 3.30. The second-order valence-electron chi connectivity index (χ2n) is 4.83. The van der Waals surface area contributed by atoms with Gasteiger partial charge in [0.05, 0.1) is 7.11 Å². The predicted octanol–water partition coefficient (Wildman–Crippen LogP) is 3.83. The molecule has 6 heteroatoms. The summed E-state index contributed by atoms with van der Waals surface area (Å²) in [6, 6.07) is 13.7. The number of methoxy groups -OCH3 is 1. The first kappa shape index (κ1) is 15.1. The molecule has 0 unspecified atom stereocenters. The maximum atomic E-state index is 12.4. The van der Waals surface area contributed by atoms with E-state index in [4.69, 9.17) is 26.2 Å². The van der Waals surface area contributed by atoms with Gasteiger partial charge in [0.2, 0.25) is 5.55 Å². The van der Waals surface area contributed by atoms with E-state index in [0.29, 0.717) is 27.4 Å². The van der Waals surface area contributed by atoms with Crippen molar-refractivity contribution in [1.29, 1.82) is 5.41 Å². The van der Waals surface area contributed by atoms with Crippen molar-refractivity contribution >= 4 is 34.2 Å². The summed E-state index contributed by atoms with van der Waals surface area (Å²) in [4.78, 5) is 12.4. The minimum absolute atomic E-state index is 0.130. The number of halogens is 1. The fourth-order valence-corrected chi connectivity index (χ4v) is 2.42. The molecule has 2 aromatic carbocycles. The van der Waals surface area contributed by atoms with E-state index in [9.17, 15) is 4.79 Å². The molecule has 23 heavy (non-hydrogen) atoms.